The molecule has 0 aromatic heterocycles. The molecule has 0 heterocycles. The molecule has 2 rings (SSSR count). The molecule has 0 saturated carbocycles. The minimum absolute atomic E-state index is 0.107. The first-order valence-electron chi connectivity index (χ1n) is 6.12. The zero-order valence-electron chi connectivity index (χ0n) is 10.6. The molecule has 19 heavy (non-hydrogen) atoms. The predicted molar refractivity (Wildman–Crippen MR) is 70.3 cm³/mol. The van der Waals surface area contributed by atoms with E-state index in [0.717, 1.165) is 30.3 Å². The standard InChI is InChI=1S/C15H15F2NO/c1-2-18-10-11-5-3-4-6-14(11)19-15-9-12(16)7-8-13(15)17/h3-9,18H,2,10H2,1H3. The molecule has 2 aromatic carbocycles. The van der Waals surface area contributed by atoms with Crippen LogP contribution in [0, 0.1) is 11.6 Å². The highest BCUT2D eigenvalue weighted by Gasteiger charge is 2.09. The van der Waals surface area contributed by atoms with Gasteiger partial charge in [0, 0.05) is 18.2 Å². The number of halogens is 2. The van der Waals surface area contributed by atoms with Gasteiger partial charge in [-0.25, -0.2) is 8.78 Å². The van der Waals surface area contributed by atoms with Gasteiger partial charge in [0.15, 0.2) is 11.6 Å². The monoisotopic (exact) mass is 263 g/mol. The number of rotatable bonds is 5. The van der Waals surface area contributed by atoms with E-state index in [1.54, 1.807) is 12.1 Å². The van der Waals surface area contributed by atoms with Gasteiger partial charge in [-0.2, -0.15) is 0 Å². The van der Waals surface area contributed by atoms with Crippen LogP contribution in [-0.4, -0.2) is 6.54 Å². The molecule has 2 nitrogen and oxygen atoms in total. The second-order valence-electron chi connectivity index (χ2n) is 4.06. The largest absolute Gasteiger partial charge is 0.454 e. The molecular weight excluding hydrogens is 248 g/mol. The summed E-state index contributed by atoms with van der Waals surface area (Å²) in [4.78, 5) is 0. The van der Waals surface area contributed by atoms with Crippen molar-refractivity contribution in [2.45, 2.75) is 13.5 Å². The molecular formula is C15H15F2NO. The van der Waals surface area contributed by atoms with Crippen molar-refractivity contribution in [3.05, 3.63) is 59.7 Å². The predicted octanol–water partition coefficient (Wildman–Crippen LogP) is 3.87. The highest BCUT2D eigenvalue weighted by atomic mass is 19.1. The fourth-order valence-corrected chi connectivity index (χ4v) is 1.68. The van der Waals surface area contributed by atoms with Gasteiger partial charge in [-0.05, 0) is 24.7 Å². The quantitative estimate of drug-likeness (QED) is 0.884. The Kier molecular flexibility index (Phi) is 4.47. The Morgan fingerprint density at radius 2 is 1.84 bits per heavy atom. The first-order chi connectivity index (χ1) is 9.20. The van der Waals surface area contributed by atoms with Gasteiger partial charge in [-0.3, -0.25) is 0 Å². The summed E-state index contributed by atoms with van der Waals surface area (Å²) in [7, 11) is 0. The maximum atomic E-state index is 13.5. The third kappa shape index (κ3) is 3.51. The molecule has 0 atom stereocenters. The number of hydrogen-bond acceptors (Lipinski definition) is 2. The van der Waals surface area contributed by atoms with Crippen LogP contribution in [0.25, 0.3) is 0 Å². The van der Waals surface area contributed by atoms with Crippen molar-refractivity contribution in [2.75, 3.05) is 6.54 Å². The van der Waals surface area contributed by atoms with Gasteiger partial charge in [-0.15, -0.1) is 0 Å². The summed E-state index contributed by atoms with van der Waals surface area (Å²) in [6, 6.07) is 10.4. The Morgan fingerprint density at radius 1 is 1.05 bits per heavy atom. The van der Waals surface area contributed by atoms with E-state index in [2.05, 4.69) is 5.32 Å². The normalized spacial score (nSPS) is 10.5. The molecule has 0 saturated heterocycles. The van der Waals surface area contributed by atoms with Crippen molar-refractivity contribution in [1.82, 2.24) is 5.32 Å². The summed E-state index contributed by atoms with van der Waals surface area (Å²) >= 11 is 0. The van der Waals surface area contributed by atoms with Crippen LogP contribution in [-0.2, 0) is 6.54 Å². The van der Waals surface area contributed by atoms with Crippen molar-refractivity contribution < 1.29 is 13.5 Å². The summed E-state index contributed by atoms with van der Waals surface area (Å²) in [6.45, 7) is 3.43. The molecule has 0 radical (unpaired) electrons. The lowest BCUT2D eigenvalue weighted by atomic mass is 10.2. The number of nitrogens with one attached hydrogen (secondary N) is 1. The van der Waals surface area contributed by atoms with E-state index >= 15 is 0 Å². The van der Waals surface area contributed by atoms with Gasteiger partial charge in [0.05, 0.1) is 0 Å². The highest BCUT2D eigenvalue weighted by molar-refractivity contribution is 5.38. The fraction of sp³-hybridized carbons (Fsp3) is 0.200. The molecule has 0 unspecified atom stereocenters. The second-order valence-corrected chi connectivity index (χ2v) is 4.06. The number of ether oxygens (including phenoxy) is 1. The SMILES string of the molecule is CCNCc1ccccc1Oc1cc(F)ccc1F. The molecule has 0 aliphatic heterocycles. The van der Waals surface area contributed by atoms with E-state index < -0.39 is 11.6 Å². The summed E-state index contributed by atoms with van der Waals surface area (Å²) in [5.41, 5.74) is 0.896. The average molecular weight is 263 g/mol. The van der Waals surface area contributed by atoms with Gasteiger partial charge < -0.3 is 10.1 Å². The van der Waals surface area contributed by atoms with Gasteiger partial charge in [-0.1, -0.05) is 25.1 Å². The van der Waals surface area contributed by atoms with E-state index in [4.69, 9.17) is 4.74 Å². The molecule has 0 spiro atoms. The first kappa shape index (κ1) is 13.5. The van der Waals surface area contributed by atoms with Crippen LogP contribution >= 0.6 is 0 Å². The van der Waals surface area contributed by atoms with Crippen LogP contribution in [0.3, 0.4) is 0 Å². The Morgan fingerprint density at radius 3 is 2.63 bits per heavy atom. The van der Waals surface area contributed by atoms with Gasteiger partial charge in [0.1, 0.15) is 11.6 Å². The summed E-state index contributed by atoms with van der Waals surface area (Å²) < 4.78 is 32.1. The molecule has 4 heteroatoms. The number of para-hydroxylation sites is 1. The van der Waals surface area contributed by atoms with E-state index in [0.29, 0.717) is 12.3 Å². The molecule has 0 fully saturated rings. The van der Waals surface area contributed by atoms with Crippen molar-refractivity contribution in [3.63, 3.8) is 0 Å². The van der Waals surface area contributed by atoms with Crippen molar-refractivity contribution >= 4 is 0 Å². The molecule has 0 aliphatic carbocycles. The maximum absolute atomic E-state index is 13.5. The second kappa shape index (κ2) is 6.29. The number of benzene rings is 2. The Bertz CT molecular complexity index is 558. The van der Waals surface area contributed by atoms with Gasteiger partial charge in [0.25, 0.3) is 0 Å². The molecule has 100 valence electrons. The van der Waals surface area contributed by atoms with Crippen LogP contribution in [0.15, 0.2) is 42.5 Å². The zero-order valence-corrected chi connectivity index (χ0v) is 10.6. The molecule has 2 aromatic rings. The van der Waals surface area contributed by atoms with Crippen LogP contribution in [0.1, 0.15) is 12.5 Å². The zero-order chi connectivity index (χ0) is 13.7. The average Bonchev–Trinajstić information content (AvgIpc) is 2.42. The molecule has 0 aliphatic rings. The fourth-order valence-electron chi connectivity index (χ4n) is 1.68. The topological polar surface area (TPSA) is 21.3 Å². The van der Waals surface area contributed by atoms with E-state index in [9.17, 15) is 8.78 Å². The van der Waals surface area contributed by atoms with Crippen molar-refractivity contribution in [2.24, 2.45) is 0 Å². The van der Waals surface area contributed by atoms with Crippen molar-refractivity contribution in [3.8, 4) is 11.5 Å². The molecule has 0 bridgehead atoms. The van der Waals surface area contributed by atoms with Crippen LogP contribution in [0.4, 0.5) is 8.78 Å². The lowest BCUT2D eigenvalue weighted by Gasteiger charge is -2.12. The number of hydrogen-bond donors (Lipinski definition) is 1. The van der Waals surface area contributed by atoms with Crippen LogP contribution < -0.4 is 10.1 Å². The smallest absolute Gasteiger partial charge is 0.165 e. The Balaban J connectivity index is 2.25. The van der Waals surface area contributed by atoms with Crippen LogP contribution in [0.2, 0.25) is 0 Å². The minimum atomic E-state index is -0.584. The molecule has 1 N–H and O–H groups in total. The summed E-state index contributed by atoms with van der Waals surface area (Å²) in [6.07, 6.45) is 0. The van der Waals surface area contributed by atoms with Crippen LogP contribution in [0.5, 0.6) is 11.5 Å². The van der Waals surface area contributed by atoms with Gasteiger partial charge in [0.2, 0.25) is 0 Å². The third-order valence-electron chi connectivity index (χ3n) is 2.65. The first-order valence-corrected chi connectivity index (χ1v) is 6.12. The maximum Gasteiger partial charge on any atom is 0.165 e. The minimum Gasteiger partial charge on any atom is -0.454 e. The Labute approximate surface area is 111 Å². The lowest BCUT2D eigenvalue weighted by molar-refractivity contribution is 0.430. The Hall–Kier alpha value is -1.94. The summed E-state index contributed by atoms with van der Waals surface area (Å²) in [5, 5.41) is 3.17. The van der Waals surface area contributed by atoms with E-state index in [1.807, 2.05) is 19.1 Å². The highest BCUT2D eigenvalue weighted by Crippen LogP contribution is 2.27. The van der Waals surface area contributed by atoms with E-state index in [1.165, 1.54) is 0 Å². The van der Waals surface area contributed by atoms with Gasteiger partial charge >= 0.3 is 0 Å². The van der Waals surface area contributed by atoms with Crippen molar-refractivity contribution in [1.29, 1.82) is 0 Å². The lowest BCUT2D eigenvalue weighted by Crippen LogP contribution is -2.12. The van der Waals surface area contributed by atoms with E-state index in [-0.39, 0.29) is 5.75 Å². The molecule has 0 amide bonds. The third-order valence-corrected chi connectivity index (χ3v) is 2.65. The summed E-state index contributed by atoms with van der Waals surface area (Å²) in [5.74, 6) is -0.697.